The Morgan fingerprint density at radius 1 is 0.684 bits per heavy atom. The van der Waals surface area contributed by atoms with Crippen LogP contribution >= 0.6 is 17.8 Å². The van der Waals surface area contributed by atoms with Crippen molar-refractivity contribution >= 4 is 62.6 Å². The highest BCUT2D eigenvalue weighted by Gasteiger charge is 2.38. The summed E-state index contributed by atoms with van der Waals surface area (Å²) >= 11 is 8.33. The second-order valence-corrected chi connectivity index (χ2v) is 15.7. The quantitative estimate of drug-likeness (QED) is 0.201. The van der Waals surface area contributed by atoms with E-state index in [2.05, 4.69) is 104 Å². The lowest BCUT2D eigenvalue weighted by molar-refractivity contribution is 0.629. The molecule has 2 aliphatic rings. The third-order valence-electron chi connectivity index (χ3n) is 7.77. The number of halogens is 1. The predicted octanol–water partition coefficient (Wildman–Crippen LogP) is 8.16. The van der Waals surface area contributed by atoms with E-state index in [1.807, 2.05) is 12.1 Å². The highest BCUT2D eigenvalue weighted by Crippen LogP contribution is 2.55. The molecule has 0 amide bonds. The van der Waals surface area contributed by atoms with Crippen molar-refractivity contribution in [3.05, 3.63) is 132 Å². The molecule has 5 heteroatoms. The zero-order valence-corrected chi connectivity index (χ0v) is 23.6. The van der Waals surface area contributed by atoms with Gasteiger partial charge in [-0.3, -0.25) is 0 Å². The highest BCUT2D eigenvalue weighted by molar-refractivity contribution is 8.26. The highest BCUT2D eigenvalue weighted by atomic mass is 32.4. The van der Waals surface area contributed by atoms with E-state index in [0.717, 1.165) is 31.4 Å². The van der Waals surface area contributed by atoms with Gasteiger partial charge in [0.25, 0.3) is 0 Å². The van der Waals surface area contributed by atoms with Gasteiger partial charge in [0.1, 0.15) is 5.82 Å². The minimum Gasteiger partial charge on any atom is -0.310 e. The minimum absolute atomic E-state index is 0.107. The number of anilines is 3. The minimum atomic E-state index is -2.43. The molecule has 0 bridgehead atoms. The van der Waals surface area contributed by atoms with Crippen molar-refractivity contribution in [3.8, 4) is 0 Å². The Kier molecular flexibility index (Phi) is 5.46. The molecule has 2 aliphatic heterocycles. The molecule has 5 aromatic carbocycles. The Hall–Kier alpha value is -3.17. The molecule has 0 aromatic heterocycles. The van der Waals surface area contributed by atoms with Gasteiger partial charge in [-0.25, -0.2) is 4.39 Å². The summed E-state index contributed by atoms with van der Waals surface area (Å²) in [5, 5.41) is 3.16. The van der Waals surface area contributed by atoms with E-state index in [1.54, 1.807) is 23.9 Å². The van der Waals surface area contributed by atoms with Gasteiger partial charge in [0, 0.05) is 37.5 Å². The molecule has 38 heavy (non-hydrogen) atoms. The van der Waals surface area contributed by atoms with Crippen LogP contribution in [0.2, 0.25) is 0 Å². The van der Waals surface area contributed by atoms with Crippen LogP contribution in [0.15, 0.2) is 125 Å². The van der Waals surface area contributed by atoms with Crippen LogP contribution in [0.1, 0.15) is 25.0 Å². The van der Waals surface area contributed by atoms with Gasteiger partial charge >= 0.3 is 0 Å². The molecule has 7 rings (SSSR count). The monoisotopic (exact) mass is 549 g/mol. The SMILES string of the molecule is CC1(C)c2ccccc2N(c2ccc3c(c2)Sc2ccccc2P3(=S)c2cccc(F)c2)c2ccccc21. The van der Waals surface area contributed by atoms with E-state index in [1.165, 1.54) is 28.6 Å². The van der Waals surface area contributed by atoms with Crippen LogP contribution in [0.4, 0.5) is 21.5 Å². The van der Waals surface area contributed by atoms with Crippen molar-refractivity contribution in [1.29, 1.82) is 0 Å². The molecule has 5 aromatic rings. The fourth-order valence-electron chi connectivity index (χ4n) is 5.93. The maximum atomic E-state index is 14.5. The van der Waals surface area contributed by atoms with Crippen LogP contribution in [0.3, 0.4) is 0 Å². The number of hydrogen-bond donors (Lipinski definition) is 0. The maximum Gasteiger partial charge on any atom is 0.123 e. The Morgan fingerprint density at radius 3 is 2.03 bits per heavy atom. The van der Waals surface area contributed by atoms with E-state index >= 15 is 0 Å². The smallest absolute Gasteiger partial charge is 0.123 e. The fourth-order valence-corrected chi connectivity index (χ4v) is 12.3. The topological polar surface area (TPSA) is 3.24 Å². The van der Waals surface area contributed by atoms with Gasteiger partial charge < -0.3 is 4.90 Å². The summed E-state index contributed by atoms with van der Waals surface area (Å²) in [4.78, 5) is 4.68. The lowest BCUT2D eigenvalue weighted by Gasteiger charge is -2.42. The Balaban J connectivity index is 1.46. The fraction of sp³-hybridized carbons (Fsp3) is 0.0909. The summed E-state index contributed by atoms with van der Waals surface area (Å²) in [6.07, 6.45) is 0. The van der Waals surface area contributed by atoms with Crippen LogP contribution in [-0.2, 0) is 17.2 Å². The van der Waals surface area contributed by atoms with Gasteiger partial charge in [-0.1, -0.05) is 104 Å². The standard InChI is InChI=1S/C33H25FNPS2/c1-33(2)25-12-3-5-14-27(25)35(28-15-6-4-13-26(28)33)23-18-19-30-32(21-23)38-31-17-8-7-16-29(31)36(30,37)24-11-9-10-22(34)20-24/h3-21H,1-2H3. The Labute approximate surface area is 232 Å². The second kappa shape index (κ2) is 8.68. The summed E-state index contributed by atoms with van der Waals surface area (Å²) < 4.78 is 14.5. The second-order valence-electron chi connectivity index (χ2n) is 10.3. The zero-order valence-electron chi connectivity index (χ0n) is 21.1. The number of para-hydroxylation sites is 2. The van der Waals surface area contributed by atoms with Crippen molar-refractivity contribution in [1.82, 2.24) is 0 Å². The third kappa shape index (κ3) is 3.41. The first-order valence-corrected chi connectivity index (χ1v) is 16.3. The normalized spacial score (nSPS) is 18.7. The molecule has 0 aliphatic carbocycles. The predicted molar refractivity (Wildman–Crippen MR) is 163 cm³/mol. The molecule has 0 spiro atoms. The first kappa shape index (κ1) is 23.9. The Bertz CT molecular complexity index is 1740. The molecule has 1 nitrogen and oxygen atoms in total. The van der Waals surface area contributed by atoms with Crippen molar-refractivity contribution in [2.45, 2.75) is 29.1 Å². The summed E-state index contributed by atoms with van der Waals surface area (Å²) in [7, 11) is 0. The lowest BCUT2D eigenvalue weighted by Crippen LogP contribution is -2.32. The molecule has 0 saturated carbocycles. The zero-order chi connectivity index (χ0) is 26.1. The van der Waals surface area contributed by atoms with E-state index in [4.69, 9.17) is 11.8 Å². The van der Waals surface area contributed by atoms with Gasteiger partial charge in [-0.05, 0) is 65.0 Å². The summed E-state index contributed by atoms with van der Waals surface area (Å²) in [6, 6.07) is 36.9. The molecule has 0 N–H and O–H groups in total. The van der Waals surface area contributed by atoms with E-state index in [0.29, 0.717) is 0 Å². The van der Waals surface area contributed by atoms with Crippen LogP contribution in [0.25, 0.3) is 0 Å². The molecule has 186 valence electrons. The van der Waals surface area contributed by atoms with Crippen LogP contribution in [0.5, 0.6) is 0 Å². The number of benzene rings is 5. The first-order valence-electron chi connectivity index (χ1n) is 12.7. The van der Waals surface area contributed by atoms with Crippen molar-refractivity contribution in [2.24, 2.45) is 0 Å². The molecule has 0 fully saturated rings. The van der Waals surface area contributed by atoms with Crippen LogP contribution < -0.4 is 20.8 Å². The summed E-state index contributed by atoms with van der Waals surface area (Å²) in [6.45, 7) is 4.60. The third-order valence-corrected chi connectivity index (χ3v) is 14.2. The average Bonchev–Trinajstić information content (AvgIpc) is 2.93. The molecule has 0 radical (unpaired) electrons. The Morgan fingerprint density at radius 2 is 1.32 bits per heavy atom. The van der Waals surface area contributed by atoms with Crippen LogP contribution in [0, 0.1) is 5.82 Å². The largest absolute Gasteiger partial charge is 0.310 e. The van der Waals surface area contributed by atoms with Gasteiger partial charge in [0.2, 0.25) is 0 Å². The molecule has 1 atom stereocenters. The number of rotatable bonds is 2. The first-order chi connectivity index (χ1) is 18.4. The summed E-state index contributed by atoms with van der Waals surface area (Å²) in [5.41, 5.74) is 6.00. The van der Waals surface area contributed by atoms with Gasteiger partial charge in [-0.2, -0.15) is 0 Å². The van der Waals surface area contributed by atoms with Gasteiger partial charge in [0.05, 0.1) is 11.4 Å². The van der Waals surface area contributed by atoms with E-state index in [-0.39, 0.29) is 11.2 Å². The van der Waals surface area contributed by atoms with E-state index < -0.39 is 6.04 Å². The van der Waals surface area contributed by atoms with Crippen molar-refractivity contribution in [2.75, 3.05) is 4.90 Å². The van der Waals surface area contributed by atoms with Gasteiger partial charge in [-0.15, -0.1) is 0 Å². The molecule has 1 unspecified atom stereocenters. The lowest BCUT2D eigenvalue weighted by atomic mass is 9.73. The molecule has 2 heterocycles. The number of hydrogen-bond acceptors (Lipinski definition) is 3. The molecular formula is C33H25FNPS2. The van der Waals surface area contributed by atoms with Gasteiger partial charge in [0.15, 0.2) is 0 Å². The van der Waals surface area contributed by atoms with Crippen LogP contribution in [-0.4, -0.2) is 0 Å². The number of nitrogens with zero attached hydrogens (tertiary/aromatic N) is 1. The van der Waals surface area contributed by atoms with Crippen molar-refractivity contribution in [3.63, 3.8) is 0 Å². The van der Waals surface area contributed by atoms with Crippen molar-refractivity contribution < 1.29 is 4.39 Å². The molecular weight excluding hydrogens is 524 g/mol. The van der Waals surface area contributed by atoms with E-state index in [9.17, 15) is 4.39 Å². The maximum absolute atomic E-state index is 14.5. The number of fused-ring (bicyclic) bond motifs is 4. The molecule has 0 saturated heterocycles. The summed E-state index contributed by atoms with van der Waals surface area (Å²) in [5.74, 6) is -0.246. The average molecular weight is 550 g/mol.